The summed E-state index contributed by atoms with van der Waals surface area (Å²) in [6.07, 6.45) is 4.84. The van der Waals surface area contributed by atoms with Crippen LogP contribution in [0.15, 0.2) is 24.7 Å². The van der Waals surface area contributed by atoms with Crippen molar-refractivity contribution in [2.45, 2.75) is 12.8 Å². The number of hydrogen-bond donors (Lipinski definition) is 2. The molecule has 134 valence electrons. The van der Waals surface area contributed by atoms with Crippen LogP contribution in [0.4, 0.5) is 4.39 Å². The van der Waals surface area contributed by atoms with E-state index in [1.54, 1.807) is 0 Å². The molecule has 0 saturated heterocycles. The number of aromatic nitrogens is 3. The van der Waals surface area contributed by atoms with Crippen molar-refractivity contribution in [3.05, 3.63) is 36.0 Å². The maximum Gasteiger partial charge on any atom is 0.339 e. The highest BCUT2D eigenvalue weighted by molar-refractivity contribution is 6.04. The van der Waals surface area contributed by atoms with Gasteiger partial charge in [0.2, 0.25) is 0 Å². The van der Waals surface area contributed by atoms with Gasteiger partial charge in [-0.2, -0.15) is 0 Å². The smallest absolute Gasteiger partial charge is 0.339 e. The zero-order valence-corrected chi connectivity index (χ0v) is 14.0. The molecule has 1 saturated carbocycles. The molecule has 7 nitrogen and oxygen atoms in total. The molecule has 4 rings (SSSR count). The molecule has 8 heteroatoms. The highest BCUT2D eigenvalue weighted by atomic mass is 19.1. The van der Waals surface area contributed by atoms with Crippen molar-refractivity contribution >= 4 is 17.0 Å². The van der Waals surface area contributed by atoms with Crippen LogP contribution in [0, 0.1) is 11.7 Å². The SMILES string of the molecule is COc1cc(-c2ncnc3c(C(=O)O)c[nH]c23)c(OCC2CC2)cc1F. The third-order valence-corrected chi connectivity index (χ3v) is 4.37. The van der Waals surface area contributed by atoms with Gasteiger partial charge in [0.05, 0.1) is 19.2 Å². The van der Waals surface area contributed by atoms with Gasteiger partial charge in [-0.15, -0.1) is 0 Å². The van der Waals surface area contributed by atoms with Crippen LogP contribution in [-0.4, -0.2) is 39.7 Å². The first-order valence-corrected chi connectivity index (χ1v) is 8.14. The molecular formula is C18H16FN3O4. The zero-order valence-electron chi connectivity index (χ0n) is 14.0. The van der Waals surface area contributed by atoms with Gasteiger partial charge >= 0.3 is 5.97 Å². The number of rotatable bonds is 6. The van der Waals surface area contributed by atoms with Crippen molar-refractivity contribution in [3.8, 4) is 22.8 Å². The number of aromatic carboxylic acids is 1. The van der Waals surface area contributed by atoms with Gasteiger partial charge in [-0.1, -0.05) is 0 Å². The largest absolute Gasteiger partial charge is 0.494 e. The van der Waals surface area contributed by atoms with Crippen molar-refractivity contribution in [1.29, 1.82) is 0 Å². The lowest BCUT2D eigenvalue weighted by molar-refractivity contribution is 0.0699. The molecule has 0 unspecified atom stereocenters. The summed E-state index contributed by atoms with van der Waals surface area (Å²) in [6, 6.07) is 2.77. The zero-order chi connectivity index (χ0) is 18.3. The molecule has 0 amide bonds. The molecule has 26 heavy (non-hydrogen) atoms. The second kappa shape index (κ2) is 6.29. The van der Waals surface area contributed by atoms with Gasteiger partial charge in [0.1, 0.15) is 28.9 Å². The number of aromatic amines is 1. The minimum absolute atomic E-state index is 0.0400. The summed E-state index contributed by atoms with van der Waals surface area (Å²) in [5.74, 6) is -0.757. The number of benzene rings is 1. The van der Waals surface area contributed by atoms with Crippen molar-refractivity contribution < 1.29 is 23.8 Å². The second-order valence-electron chi connectivity index (χ2n) is 6.19. The number of hydrogen-bond acceptors (Lipinski definition) is 5. The molecule has 2 heterocycles. The van der Waals surface area contributed by atoms with E-state index in [-0.39, 0.29) is 16.8 Å². The molecule has 0 spiro atoms. The molecule has 3 aromatic rings. The third kappa shape index (κ3) is 2.83. The van der Waals surface area contributed by atoms with Gasteiger partial charge < -0.3 is 19.6 Å². The number of methoxy groups -OCH3 is 1. The highest BCUT2D eigenvalue weighted by Gasteiger charge is 2.24. The Morgan fingerprint density at radius 2 is 2.15 bits per heavy atom. The summed E-state index contributed by atoms with van der Waals surface area (Å²) < 4.78 is 25.1. The summed E-state index contributed by atoms with van der Waals surface area (Å²) >= 11 is 0. The number of nitrogens with zero attached hydrogens (tertiary/aromatic N) is 2. The number of carboxylic acid groups (broad SMARTS) is 1. The second-order valence-corrected chi connectivity index (χ2v) is 6.19. The lowest BCUT2D eigenvalue weighted by Crippen LogP contribution is -2.03. The fourth-order valence-electron chi connectivity index (χ4n) is 2.79. The Morgan fingerprint density at radius 3 is 2.85 bits per heavy atom. The van der Waals surface area contributed by atoms with Crippen LogP contribution >= 0.6 is 0 Å². The van der Waals surface area contributed by atoms with E-state index < -0.39 is 11.8 Å². The number of carbonyl (C=O) groups is 1. The van der Waals surface area contributed by atoms with Crippen LogP contribution in [-0.2, 0) is 0 Å². The first-order valence-electron chi connectivity index (χ1n) is 8.14. The van der Waals surface area contributed by atoms with E-state index in [4.69, 9.17) is 9.47 Å². The molecular weight excluding hydrogens is 341 g/mol. The first kappa shape index (κ1) is 16.3. The highest BCUT2D eigenvalue weighted by Crippen LogP contribution is 2.39. The topological polar surface area (TPSA) is 97.3 Å². The fraction of sp³-hybridized carbons (Fsp3) is 0.278. The van der Waals surface area contributed by atoms with Crippen molar-refractivity contribution in [1.82, 2.24) is 15.0 Å². The molecule has 0 bridgehead atoms. The van der Waals surface area contributed by atoms with E-state index in [0.29, 0.717) is 35.0 Å². The van der Waals surface area contributed by atoms with E-state index >= 15 is 0 Å². The quantitative estimate of drug-likeness (QED) is 0.703. The van der Waals surface area contributed by atoms with E-state index in [0.717, 1.165) is 12.8 Å². The predicted octanol–water partition coefficient (Wildman–Crippen LogP) is 3.26. The number of H-pyrrole nitrogens is 1. The van der Waals surface area contributed by atoms with Gasteiger partial charge in [-0.05, 0) is 24.8 Å². The van der Waals surface area contributed by atoms with Gasteiger partial charge in [-0.3, -0.25) is 0 Å². The first-order chi connectivity index (χ1) is 12.6. The minimum atomic E-state index is -1.09. The Hall–Kier alpha value is -3.16. The third-order valence-electron chi connectivity index (χ3n) is 4.37. The number of nitrogens with one attached hydrogen (secondary N) is 1. The van der Waals surface area contributed by atoms with Gasteiger partial charge in [0.25, 0.3) is 0 Å². The van der Waals surface area contributed by atoms with E-state index in [1.165, 1.54) is 31.8 Å². The van der Waals surface area contributed by atoms with Crippen LogP contribution < -0.4 is 9.47 Å². The Labute approximate surface area is 147 Å². The average molecular weight is 357 g/mol. The predicted molar refractivity (Wildman–Crippen MR) is 91.0 cm³/mol. The number of ether oxygens (including phenoxy) is 2. The molecule has 2 aromatic heterocycles. The number of carboxylic acids is 1. The van der Waals surface area contributed by atoms with E-state index in [2.05, 4.69) is 15.0 Å². The molecule has 1 aliphatic rings. The molecule has 0 radical (unpaired) electrons. The summed E-state index contributed by atoms with van der Waals surface area (Å²) in [4.78, 5) is 22.6. The monoisotopic (exact) mass is 357 g/mol. The van der Waals surface area contributed by atoms with Gasteiger partial charge in [0, 0.05) is 17.8 Å². The van der Waals surface area contributed by atoms with E-state index in [9.17, 15) is 14.3 Å². The number of fused-ring (bicyclic) bond motifs is 1. The average Bonchev–Trinajstić information content (AvgIpc) is 3.35. The molecule has 1 aromatic carbocycles. The maximum absolute atomic E-state index is 14.2. The maximum atomic E-state index is 14.2. The fourth-order valence-corrected chi connectivity index (χ4v) is 2.79. The van der Waals surface area contributed by atoms with Gasteiger partial charge in [0.15, 0.2) is 11.6 Å². The lowest BCUT2D eigenvalue weighted by atomic mass is 10.1. The Bertz CT molecular complexity index is 998. The van der Waals surface area contributed by atoms with Crippen LogP contribution in [0.5, 0.6) is 11.5 Å². The molecule has 1 aliphatic carbocycles. The van der Waals surface area contributed by atoms with Crippen molar-refractivity contribution in [2.24, 2.45) is 5.92 Å². The minimum Gasteiger partial charge on any atom is -0.494 e. The van der Waals surface area contributed by atoms with E-state index in [1.807, 2.05) is 0 Å². The van der Waals surface area contributed by atoms with Crippen LogP contribution in [0.3, 0.4) is 0 Å². The molecule has 1 fully saturated rings. The molecule has 0 aliphatic heterocycles. The standard InChI is InChI=1S/C18H16FN3O4/c1-25-14-4-10(13(5-12(14)19)26-7-9-2-3-9)15-17-16(22-8-21-15)11(6-20-17)18(23)24/h4-6,8-9,20H,2-3,7H2,1H3,(H,23,24). The van der Waals surface area contributed by atoms with Gasteiger partial charge in [-0.25, -0.2) is 19.2 Å². The Balaban J connectivity index is 1.87. The summed E-state index contributed by atoms with van der Waals surface area (Å²) in [7, 11) is 1.37. The summed E-state index contributed by atoms with van der Waals surface area (Å²) in [5.41, 5.74) is 1.69. The lowest BCUT2D eigenvalue weighted by Gasteiger charge is -2.14. The van der Waals surface area contributed by atoms with Crippen LogP contribution in [0.25, 0.3) is 22.3 Å². The summed E-state index contributed by atoms with van der Waals surface area (Å²) in [5, 5.41) is 9.28. The Morgan fingerprint density at radius 1 is 1.35 bits per heavy atom. The molecule has 2 N–H and O–H groups in total. The van der Waals surface area contributed by atoms with Crippen molar-refractivity contribution in [3.63, 3.8) is 0 Å². The normalized spacial score (nSPS) is 13.8. The molecule has 0 atom stereocenters. The Kier molecular flexibility index (Phi) is 3.95. The van der Waals surface area contributed by atoms with Crippen LogP contribution in [0.1, 0.15) is 23.2 Å². The summed E-state index contributed by atoms with van der Waals surface area (Å²) in [6.45, 7) is 0.498. The van der Waals surface area contributed by atoms with Crippen molar-refractivity contribution in [2.75, 3.05) is 13.7 Å². The number of halogens is 1. The van der Waals surface area contributed by atoms with Crippen LogP contribution in [0.2, 0.25) is 0 Å².